The van der Waals surface area contributed by atoms with Crippen molar-refractivity contribution in [2.24, 2.45) is 11.7 Å². The predicted molar refractivity (Wildman–Crippen MR) is 109 cm³/mol. The van der Waals surface area contributed by atoms with E-state index >= 15 is 0 Å². The Balaban J connectivity index is 1.90. The molecule has 164 valence electrons. The molecule has 1 unspecified atom stereocenters. The van der Waals surface area contributed by atoms with Gasteiger partial charge in [-0.3, -0.25) is 9.59 Å². The van der Waals surface area contributed by atoms with Crippen molar-refractivity contribution in [1.29, 1.82) is 0 Å². The molecule has 1 fully saturated rings. The Hall–Kier alpha value is -2.65. The van der Waals surface area contributed by atoms with Gasteiger partial charge in [-0.1, -0.05) is 18.6 Å². The fourth-order valence-corrected chi connectivity index (χ4v) is 4.24. The number of ether oxygens (including phenoxy) is 2. The summed E-state index contributed by atoms with van der Waals surface area (Å²) in [6, 6.07) is 4.91. The average Bonchev–Trinajstić information content (AvgIpc) is 3.44. The van der Waals surface area contributed by atoms with Crippen LogP contribution in [0.1, 0.15) is 42.9 Å². The first kappa shape index (κ1) is 22.0. The molecule has 1 saturated carbocycles. The number of rotatable bonds is 3. The van der Waals surface area contributed by atoms with E-state index in [2.05, 4.69) is 16.0 Å². The lowest BCUT2D eigenvalue weighted by atomic mass is 9.98. The van der Waals surface area contributed by atoms with Gasteiger partial charge in [-0.25, -0.2) is 4.79 Å². The molecule has 0 saturated heterocycles. The van der Waals surface area contributed by atoms with Crippen LogP contribution in [-0.4, -0.2) is 50.8 Å². The molecule has 0 aromatic heterocycles. The molecule has 2 bridgehead atoms. The zero-order valence-corrected chi connectivity index (χ0v) is 17.6. The Morgan fingerprint density at radius 2 is 2.00 bits per heavy atom. The molecule has 2 amide bonds. The number of likely N-dealkylation sites (N-methyl/N-ethyl adjacent to an activating group) is 1. The van der Waals surface area contributed by atoms with E-state index in [1.165, 1.54) is 7.11 Å². The van der Waals surface area contributed by atoms with E-state index in [0.29, 0.717) is 6.42 Å². The third-order valence-corrected chi connectivity index (χ3v) is 6.02. The van der Waals surface area contributed by atoms with Crippen LogP contribution in [0.15, 0.2) is 18.2 Å². The molecule has 30 heavy (non-hydrogen) atoms. The number of carbonyl (C=O) groups is 3. The van der Waals surface area contributed by atoms with Crippen LogP contribution in [0.5, 0.6) is 5.75 Å². The highest BCUT2D eigenvalue weighted by molar-refractivity contribution is 5.95. The fourth-order valence-electron chi connectivity index (χ4n) is 4.24. The summed E-state index contributed by atoms with van der Waals surface area (Å²) in [6.45, 7) is 0. The SMILES string of the molecule is CN[C@@H]1C(=O)N[C@@H](N)C(=O)NC2(C(=O)OC)C[C@@H]2CCCCc2cc1ccc2OC. The summed E-state index contributed by atoms with van der Waals surface area (Å²) >= 11 is 0. The standard InChI is InChI=1S/C21H30N4O5/c1-23-16-13-8-9-15(29-2)12(10-13)6-4-5-7-14-11-21(14,20(28)30-3)25-19(27)17(22)24-18(16)26/h8-10,14,16-17,23H,4-7,11,22H2,1-3H3,(H,24,26)(H,25,27)/t14-,16-,17+,21?/m0/s1. The Morgan fingerprint density at radius 1 is 1.23 bits per heavy atom. The van der Waals surface area contributed by atoms with Crippen LogP contribution < -0.4 is 26.4 Å². The second-order valence-corrected chi connectivity index (χ2v) is 7.88. The molecular formula is C21H30N4O5. The summed E-state index contributed by atoms with van der Waals surface area (Å²) in [5.41, 5.74) is 6.62. The lowest BCUT2D eigenvalue weighted by Crippen LogP contribution is -2.58. The van der Waals surface area contributed by atoms with E-state index in [1.54, 1.807) is 14.2 Å². The van der Waals surface area contributed by atoms with Crippen molar-refractivity contribution in [2.45, 2.75) is 49.9 Å². The van der Waals surface area contributed by atoms with Gasteiger partial charge in [0.15, 0.2) is 6.17 Å². The maximum atomic E-state index is 12.8. The summed E-state index contributed by atoms with van der Waals surface area (Å²) in [5.74, 6) is -0.783. The van der Waals surface area contributed by atoms with Crippen LogP contribution >= 0.6 is 0 Å². The van der Waals surface area contributed by atoms with Crippen LogP contribution in [-0.2, 0) is 25.5 Å². The number of aryl methyl sites for hydroxylation is 1. The zero-order chi connectivity index (χ0) is 21.9. The number of amides is 2. The number of nitrogens with one attached hydrogen (secondary N) is 3. The van der Waals surface area contributed by atoms with Gasteiger partial charge < -0.3 is 31.2 Å². The van der Waals surface area contributed by atoms with Crippen LogP contribution in [0.25, 0.3) is 0 Å². The summed E-state index contributed by atoms with van der Waals surface area (Å²) in [4.78, 5) is 37.8. The smallest absolute Gasteiger partial charge is 0.331 e. The maximum absolute atomic E-state index is 12.8. The van der Waals surface area contributed by atoms with Crippen molar-refractivity contribution in [1.82, 2.24) is 16.0 Å². The number of benzene rings is 1. The zero-order valence-electron chi connectivity index (χ0n) is 17.6. The van der Waals surface area contributed by atoms with Gasteiger partial charge in [0, 0.05) is 0 Å². The Kier molecular flexibility index (Phi) is 6.62. The second kappa shape index (κ2) is 9.01. The summed E-state index contributed by atoms with van der Waals surface area (Å²) in [5, 5.41) is 8.22. The molecule has 3 rings (SSSR count). The number of nitrogens with two attached hydrogens (primary N) is 1. The molecule has 9 heteroatoms. The van der Waals surface area contributed by atoms with E-state index in [1.807, 2.05) is 18.2 Å². The third kappa shape index (κ3) is 4.27. The Morgan fingerprint density at radius 3 is 2.67 bits per heavy atom. The van der Waals surface area contributed by atoms with Crippen molar-refractivity contribution in [3.05, 3.63) is 29.3 Å². The topological polar surface area (TPSA) is 132 Å². The van der Waals surface area contributed by atoms with Gasteiger partial charge in [-0.15, -0.1) is 0 Å². The number of esters is 1. The highest BCUT2D eigenvalue weighted by Crippen LogP contribution is 2.48. The monoisotopic (exact) mass is 418 g/mol. The van der Waals surface area contributed by atoms with Crippen molar-refractivity contribution < 1.29 is 23.9 Å². The molecule has 9 nitrogen and oxygen atoms in total. The van der Waals surface area contributed by atoms with Gasteiger partial charge in [0.25, 0.3) is 5.91 Å². The van der Waals surface area contributed by atoms with Crippen molar-refractivity contribution in [3.63, 3.8) is 0 Å². The van der Waals surface area contributed by atoms with Crippen molar-refractivity contribution in [3.8, 4) is 5.75 Å². The number of carbonyl (C=O) groups excluding carboxylic acids is 3. The van der Waals surface area contributed by atoms with E-state index in [-0.39, 0.29) is 5.92 Å². The number of hydrogen-bond donors (Lipinski definition) is 4. The van der Waals surface area contributed by atoms with Gasteiger partial charge in [0.05, 0.1) is 14.2 Å². The molecule has 0 spiro atoms. The lowest BCUT2D eigenvalue weighted by molar-refractivity contribution is -0.147. The summed E-state index contributed by atoms with van der Waals surface area (Å²) in [7, 11) is 4.58. The first-order valence-corrected chi connectivity index (χ1v) is 10.2. The number of fused-ring (bicyclic) bond motifs is 3. The highest BCUT2D eigenvalue weighted by Gasteiger charge is 2.61. The maximum Gasteiger partial charge on any atom is 0.331 e. The molecule has 1 aromatic carbocycles. The first-order chi connectivity index (χ1) is 14.4. The molecule has 1 heterocycles. The van der Waals surface area contributed by atoms with Crippen molar-refractivity contribution in [2.75, 3.05) is 21.3 Å². The molecular weight excluding hydrogens is 388 g/mol. The van der Waals surface area contributed by atoms with E-state index in [4.69, 9.17) is 15.2 Å². The van der Waals surface area contributed by atoms with E-state index < -0.39 is 35.5 Å². The molecule has 2 aliphatic rings. The molecule has 0 radical (unpaired) electrons. The minimum Gasteiger partial charge on any atom is -0.496 e. The molecule has 1 aromatic rings. The minimum absolute atomic E-state index is 0.0137. The largest absolute Gasteiger partial charge is 0.496 e. The average molecular weight is 418 g/mol. The molecule has 4 atom stereocenters. The van der Waals surface area contributed by atoms with Gasteiger partial charge in [-0.05, 0) is 55.8 Å². The van der Waals surface area contributed by atoms with Crippen LogP contribution in [0.2, 0.25) is 0 Å². The normalized spacial score (nSPS) is 29.4. The van der Waals surface area contributed by atoms with Crippen molar-refractivity contribution >= 4 is 17.8 Å². The van der Waals surface area contributed by atoms with Gasteiger partial charge in [0.1, 0.15) is 17.3 Å². The number of methoxy groups -OCH3 is 2. The quantitative estimate of drug-likeness (QED) is 0.513. The molecule has 5 N–H and O–H groups in total. The van der Waals surface area contributed by atoms with E-state index in [0.717, 1.165) is 42.6 Å². The van der Waals surface area contributed by atoms with Gasteiger partial charge >= 0.3 is 5.97 Å². The minimum atomic E-state index is -1.29. The number of hydrogen-bond acceptors (Lipinski definition) is 7. The van der Waals surface area contributed by atoms with E-state index in [9.17, 15) is 14.4 Å². The fraction of sp³-hybridized carbons (Fsp3) is 0.571. The van der Waals surface area contributed by atoms with Gasteiger partial charge in [-0.2, -0.15) is 0 Å². The Bertz CT molecular complexity index is 830. The van der Waals surface area contributed by atoms with Crippen LogP contribution in [0.4, 0.5) is 0 Å². The van der Waals surface area contributed by atoms with Crippen LogP contribution in [0.3, 0.4) is 0 Å². The van der Waals surface area contributed by atoms with Crippen LogP contribution in [0, 0.1) is 5.92 Å². The second-order valence-electron chi connectivity index (χ2n) is 7.88. The third-order valence-electron chi connectivity index (χ3n) is 6.02. The lowest BCUT2D eigenvalue weighted by Gasteiger charge is -2.23. The summed E-state index contributed by atoms with van der Waals surface area (Å²) in [6.07, 6.45) is 2.53. The molecule has 1 aliphatic heterocycles. The first-order valence-electron chi connectivity index (χ1n) is 10.2. The molecule has 1 aliphatic carbocycles. The summed E-state index contributed by atoms with van der Waals surface area (Å²) < 4.78 is 10.4. The highest BCUT2D eigenvalue weighted by atomic mass is 16.5. The predicted octanol–water partition coefficient (Wildman–Crippen LogP) is 0.131. The van der Waals surface area contributed by atoms with Gasteiger partial charge in [0.2, 0.25) is 5.91 Å². The Labute approximate surface area is 176 Å².